The molecule has 5 nitrogen and oxygen atoms in total. The van der Waals surface area contributed by atoms with Crippen LogP contribution in [0.5, 0.6) is 0 Å². The van der Waals surface area contributed by atoms with Crippen molar-refractivity contribution in [2.75, 3.05) is 13.1 Å². The summed E-state index contributed by atoms with van der Waals surface area (Å²) in [7, 11) is 0. The fourth-order valence-corrected chi connectivity index (χ4v) is 4.36. The Morgan fingerprint density at radius 2 is 1.62 bits per heavy atom. The van der Waals surface area contributed by atoms with Gasteiger partial charge in [-0.15, -0.1) is 0 Å². The lowest BCUT2D eigenvalue weighted by Crippen LogP contribution is -2.55. The van der Waals surface area contributed by atoms with Crippen molar-refractivity contribution in [1.82, 2.24) is 15.5 Å². The first kappa shape index (κ1) is 28.8. The summed E-state index contributed by atoms with van der Waals surface area (Å²) in [4.78, 5) is 27.2. The number of halogens is 7. The van der Waals surface area contributed by atoms with Gasteiger partial charge in [0.1, 0.15) is 0 Å². The van der Waals surface area contributed by atoms with Crippen LogP contribution in [0.25, 0.3) is 0 Å². The van der Waals surface area contributed by atoms with Gasteiger partial charge < -0.3 is 10.6 Å². The number of amides is 3. The number of carbonyl (C=O) groups excluding carboxylic acids is 2. The van der Waals surface area contributed by atoms with Crippen LogP contribution in [0.15, 0.2) is 42.5 Å². The number of hydrogen-bond acceptors (Lipinski definition) is 3. The van der Waals surface area contributed by atoms with Gasteiger partial charge in [-0.05, 0) is 68.1 Å². The minimum atomic E-state index is -5.12. The molecule has 0 saturated carbocycles. The fraction of sp³-hybridized carbons (Fsp3) is 0.440. The Labute approximate surface area is 215 Å². The van der Waals surface area contributed by atoms with Gasteiger partial charge in [-0.3, -0.25) is 9.69 Å². The van der Waals surface area contributed by atoms with E-state index in [0.29, 0.717) is 36.5 Å². The van der Waals surface area contributed by atoms with Crippen LogP contribution in [0.2, 0.25) is 5.02 Å². The van der Waals surface area contributed by atoms with Crippen molar-refractivity contribution in [3.05, 3.63) is 69.7 Å². The molecule has 2 atom stereocenters. The molecule has 2 unspecified atom stereocenters. The summed E-state index contributed by atoms with van der Waals surface area (Å²) in [6.07, 6.45) is -8.66. The maximum absolute atomic E-state index is 13.4. The molecule has 2 N–H and O–H groups in total. The zero-order chi connectivity index (χ0) is 27.4. The Balaban J connectivity index is 1.95. The highest BCUT2D eigenvalue weighted by atomic mass is 35.5. The molecule has 1 saturated heterocycles. The molecule has 0 spiro atoms. The number of hydrogen-bond donors (Lipinski definition) is 2. The third-order valence-electron chi connectivity index (χ3n) is 6.03. The van der Waals surface area contributed by atoms with Gasteiger partial charge in [0.25, 0.3) is 5.91 Å². The molecule has 1 aliphatic heterocycles. The first-order valence-electron chi connectivity index (χ1n) is 11.7. The van der Waals surface area contributed by atoms with Crippen LogP contribution in [0, 0.1) is 0 Å². The van der Waals surface area contributed by atoms with Crippen LogP contribution in [-0.2, 0) is 18.8 Å². The standard InChI is InChI=1S/C25H26ClF6N3O2/c1-2-8-34-23(37)35(21-7-9-33-20(14-21)10-15-3-5-19(26)6-4-15)22(36)16-11-17(24(27,28)29)13-18(12-16)25(30,31)32/h3-6,11-13,20-21,33H,2,7-10,14H2,1H3,(H,34,37). The number of benzene rings is 2. The van der Waals surface area contributed by atoms with Gasteiger partial charge in [0.05, 0.1) is 11.1 Å². The number of rotatable bonds is 6. The van der Waals surface area contributed by atoms with Crippen molar-refractivity contribution in [1.29, 1.82) is 0 Å². The Hall–Kier alpha value is -2.79. The lowest BCUT2D eigenvalue weighted by atomic mass is 9.92. The maximum Gasteiger partial charge on any atom is 0.416 e. The number of nitrogens with zero attached hydrogens (tertiary/aromatic N) is 1. The van der Waals surface area contributed by atoms with Crippen molar-refractivity contribution in [3.63, 3.8) is 0 Å². The molecule has 3 amide bonds. The molecule has 202 valence electrons. The molecular weight excluding hydrogens is 524 g/mol. The normalized spacial score (nSPS) is 18.4. The topological polar surface area (TPSA) is 61.4 Å². The molecule has 1 aliphatic rings. The van der Waals surface area contributed by atoms with Crippen molar-refractivity contribution < 1.29 is 35.9 Å². The lowest BCUT2D eigenvalue weighted by Gasteiger charge is -2.37. The van der Waals surface area contributed by atoms with E-state index in [1.807, 2.05) is 12.1 Å². The number of carbonyl (C=O) groups is 2. The monoisotopic (exact) mass is 549 g/mol. The summed E-state index contributed by atoms with van der Waals surface area (Å²) in [5.74, 6) is -1.22. The lowest BCUT2D eigenvalue weighted by molar-refractivity contribution is -0.143. The number of piperidine rings is 1. The quantitative estimate of drug-likeness (QED) is 0.416. The van der Waals surface area contributed by atoms with E-state index < -0.39 is 47.0 Å². The third-order valence-corrected chi connectivity index (χ3v) is 6.28. The molecule has 12 heteroatoms. The average molecular weight is 550 g/mol. The zero-order valence-electron chi connectivity index (χ0n) is 19.8. The maximum atomic E-state index is 13.4. The number of alkyl halides is 6. The zero-order valence-corrected chi connectivity index (χ0v) is 20.6. The molecule has 1 fully saturated rings. The van der Waals surface area contributed by atoms with Crippen molar-refractivity contribution >= 4 is 23.5 Å². The van der Waals surface area contributed by atoms with E-state index in [4.69, 9.17) is 11.6 Å². The highest BCUT2D eigenvalue weighted by molar-refractivity contribution is 6.30. The second-order valence-corrected chi connectivity index (χ2v) is 9.30. The van der Waals surface area contributed by atoms with Gasteiger partial charge >= 0.3 is 18.4 Å². The van der Waals surface area contributed by atoms with Crippen LogP contribution < -0.4 is 10.6 Å². The van der Waals surface area contributed by atoms with Gasteiger partial charge in [0.15, 0.2) is 0 Å². The summed E-state index contributed by atoms with van der Waals surface area (Å²) in [6, 6.07) is 5.94. The average Bonchev–Trinajstić information content (AvgIpc) is 2.83. The predicted molar refractivity (Wildman–Crippen MR) is 126 cm³/mol. The summed E-state index contributed by atoms with van der Waals surface area (Å²) < 4.78 is 80.3. The second kappa shape index (κ2) is 11.7. The third kappa shape index (κ3) is 7.61. The number of urea groups is 1. The fourth-order valence-electron chi connectivity index (χ4n) is 4.24. The minimum Gasteiger partial charge on any atom is -0.338 e. The summed E-state index contributed by atoms with van der Waals surface area (Å²) in [5.41, 5.74) is -3.17. The summed E-state index contributed by atoms with van der Waals surface area (Å²) >= 11 is 5.92. The van der Waals surface area contributed by atoms with Crippen LogP contribution >= 0.6 is 11.6 Å². The molecule has 2 aromatic rings. The van der Waals surface area contributed by atoms with Gasteiger partial charge in [0.2, 0.25) is 0 Å². The van der Waals surface area contributed by atoms with Crippen molar-refractivity contribution in [2.24, 2.45) is 0 Å². The molecule has 3 rings (SSSR count). The molecule has 37 heavy (non-hydrogen) atoms. The molecule has 0 bridgehead atoms. The number of nitrogens with one attached hydrogen (secondary N) is 2. The highest BCUT2D eigenvalue weighted by Gasteiger charge is 2.40. The van der Waals surface area contributed by atoms with Gasteiger partial charge in [-0.2, -0.15) is 26.3 Å². The first-order valence-corrected chi connectivity index (χ1v) is 12.1. The van der Waals surface area contributed by atoms with E-state index in [2.05, 4.69) is 10.6 Å². The van der Waals surface area contributed by atoms with E-state index in [1.165, 1.54) is 0 Å². The molecule has 0 aromatic heterocycles. The molecule has 2 aromatic carbocycles. The van der Waals surface area contributed by atoms with Crippen LogP contribution in [-0.4, -0.2) is 42.0 Å². The number of imide groups is 1. The molecule has 0 radical (unpaired) electrons. The first-order chi connectivity index (χ1) is 17.3. The van der Waals surface area contributed by atoms with Gasteiger partial charge in [-0.1, -0.05) is 30.7 Å². The Morgan fingerprint density at radius 1 is 1.03 bits per heavy atom. The summed E-state index contributed by atoms with van der Waals surface area (Å²) in [6.45, 7) is 2.34. The van der Waals surface area contributed by atoms with Crippen LogP contribution in [0.4, 0.5) is 31.1 Å². The SMILES string of the molecule is CCCNC(=O)N(C(=O)c1cc(C(F)(F)F)cc(C(F)(F)F)c1)C1CCNC(Cc2ccc(Cl)cc2)C1. The molecular formula is C25H26ClF6N3O2. The summed E-state index contributed by atoms with van der Waals surface area (Å²) in [5, 5.41) is 6.37. The van der Waals surface area contributed by atoms with Crippen LogP contribution in [0.1, 0.15) is 53.2 Å². The Kier molecular flexibility index (Phi) is 9.12. The Morgan fingerprint density at radius 3 is 2.16 bits per heavy atom. The molecule has 0 aliphatic carbocycles. The van der Waals surface area contributed by atoms with Crippen molar-refractivity contribution in [2.45, 2.75) is 57.0 Å². The van der Waals surface area contributed by atoms with Crippen LogP contribution in [0.3, 0.4) is 0 Å². The highest BCUT2D eigenvalue weighted by Crippen LogP contribution is 2.37. The second-order valence-electron chi connectivity index (χ2n) is 8.86. The van der Waals surface area contributed by atoms with E-state index in [1.54, 1.807) is 19.1 Å². The minimum absolute atomic E-state index is 0.0506. The van der Waals surface area contributed by atoms with E-state index in [9.17, 15) is 35.9 Å². The van der Waals surface area contributed by atoms with E-state index >= 15 is 0 Å². The Bertz CT molecular complexity index is 1070. The smallest absolute Gasteiger partial charge is 0.338 e. The van der Waals surface area contributed by atoms with E-state index in [0.717, 1.165) is 10.5 Å². The predicted octanol–water partition coefficient (Wildman–Crippen LogP) is 6.30. The largest absolute Gasteiger partial charge is 0.416 e. The van der Waals surface area contributed by atoms with Gasteiger partial charge in [-0.25, -0.2) is 4.79 Å². The van der Waals surface area contributed by atoms with Crippen molar-refractivity contribution in [3.8, 4) is 0 Å². The van der Waals surface area contributed by atoms with E-state index in [-0.39, 0.29) is 31.5 Å². The van der Waals surface area contributed by atoms with Gasteiger partial charge in [0, 0.05) is 29.2 Å². The molecule has 1 heterocycles.